The van der Waals surface area contributed by atoms with Crippen LogP contribution in [0.15, 0.2) is 6.07 Å². The summed E-state index contributed by atoms with van der Waals surface area (Å²) in [5.41, 5.74) is 3.11. The minimum atomic E-state index is -0.860. The van der Waals surface area contributed by atoms with Gasteiger partial charge in [0.2, 0.25) is 0 Å². The molecule has 2 rings (SSSR count). The maximum absolute atomic E-state index is 11.7. The molecule has 0 amide bonds. The van der Waals surface area contributed by atoms with Crippen LogP contribution in [0.1, 0.15) is 40.8 Å². The molecule has 112 valence electrons. The Hall–Kier alpha value is -2.44. The average Bonchev–Trinajstić information content (AvgIpc) is 2.82. The van der Waals surface area contributed by atoms with Crippen LogP contribution >= 0.6 is 0 Å². The highest BCUT2D eigenvalue weighted by Crippen LogP contribution is 2.17. The fourth-order valence-corrected chi connectivity index (χ4v) is 2.23. The quantitative estimate of drug-likeness (QED) is 0.840. The molecule has 0 aliphatic heterocycles. The van der Waals surface area contributed by atoms with Crippen LogP contribution in [0, 0.1) is 13.8 Å². The largest absolute Gasteiger partial charge is 0.481 e. The molecule has 0 atom stereocenters. The topological polar surface area (TPSA) is 93.8 Å². The molecule has 7 heteroatoms. The molecule has 7 nitrogen and oxygen atoms in total. The lowest BCUT2D eigenvalue weighted by Gasteiger charge is -2.09. The summed E-state index contributed by atoms with van der Waals surface area (Å²) >= 11 is 0. The second-order valence-corrected chi connectivity index (χ2v) is 4.67. The molecular weight excluding hydrogens is 274 g/mol. The van der Waals surface area contributed by atoms with Crippen molar-refractivity contribution in [2.75, 3.05) is 6.61 Å². The van der Waals surface area contributed by atoms with E-state index in [1.54, 1.807) is 17.5 Å². The molecule has 0 radical (unpaired) electrons. The molecule has 2 heterocycles. The summed E-state index contributed by atoms with van der Waals surface area (Å²) in [5.74, 6) is -1.35. The predicted octanol–water partition coefficient (Wildman–Crippen LogP) is 1.54. The summed E-state index contributed by atoms with van der Waals surface area (Å²) in [5, 5.41) is 13.0. The van der Waals surface area contributed by atoms with Gasteiger partial charge in [-0.2, -0.15) is 5.10 Å². The highest BCUT2D eigenvalue weighted by atomic mass is 16.5. The molecule has 0 saturated heterocycles. The first kappa shape index (κ1) is 15.0. The fraction of sp³-hybridized carbons (Fsp3) is 0.429. The van der Waals surface area contributed by atoms with Gasteiger partial charge in [0.15, 0.2) is 11.3 Å². The summed E-state index contributed by atoms with van der Waals surface area (Å²) in [6.07, 6.45) is 0.408. The standard InChI is InChI=1S/C14H17N3O4/c1-4-21-14(20)11-7-12-15-8(2)10(5-6-13(18)19)9(3)17(12)16-11/h7H,4-6H2,1-3H3,(H,18,19). The van der Waals surface area contributed by atoms with Crippen LogP contribution in [0.5, 0.6) is 0 Å². The van der Waals surface area contributed by atoms with E-state index in [2.05, 4.69) is 10.1 Å². The van der Waals surface area contributed by atoms with Gasteiger partial charge in [-0.05, 0) is 32.8 Å². The van der Waals surface area contributed by atoms with E-state index in [0.29, 0.717) is 12.1 Å². The predicted molar refractivity (Wildman–Crippen MR) is 74.4 cm³/mol. The van der Waals surface area contributed by atoms with E-state index in [9.17, 15) is 9.59 Å². The zero-order valence-corrected chi connectivity index (χ0v) is 12.2. The Bertz CT molecular complexity index is 706. The Morgan fingerprint density at radius 2 is 2.10 bits per heavy atom. The Balaban J connectivity index is 2.45. The third kappa shape index (κ3) is 3.01. The molecule has 0 aliphatic carbocycles. The van der Waals surface area contributed by atoms with Crippen LogP contribution in [-0.4, -0.2) is 38.3 Å². The first-order chi connectivity index (χ1) is 9.93. The lowest BCUT2D eigenvalue weighted by Crippen LogP contribution is -2.09. The zero-order chi connectivity index (χ0) is 15.6. The number of hydrogen-bond donors (Lipinski definition) is 1. The SMILES string of the molecule is CCOC(=O)c1cc2nc(C)c(CCC(=O)O)c(C)n2n1. The maximum atomic E-state index is 11.7. The highest BCUT2D eigenvalue weighted by Gasteiger charge is 2.17. The molecular formula is C14H17N3O4. The molecule has 0 aromatic carbocycles. The number of esters is 1. The molecule has 2 aromatic heterocycles. The van der Waals surface area contributed by atoms with Gasteiger partial charge in [0.1, 0.15) is 0 Å². The van der Waals surface area contributed by atoms with Crippen molar-refractivity contribution in [3.63, 3.8) is 0 Å². The summed E-state index contributed by atoms with van der Waals surface area (Å²) in [4.78, 5) is 26.8. The van der Waals surface area contributed by atoms with Gasteiger partial charge >= 0.3 is 11.9 Å². The first-order valence-electron chi connectivity index (χ1n) is 6.68. The van der Waals surface area contributed by atoms with E-state index in [-0.39, 0.29) is 18.7 Å². The summed E-state index contributed by atoms with van der Waals surface area (Å²) in [7, 11) is 0. The number of carbonyl (C=O) groups excluding carboxylic acids is 1. The minimum Gasteiger partial charge on any atom is -0.481 e. The molecule has 0 saturated carbocycles. The van der Waals surface area contributed by atoms with Crippen molar-refractivity contribution < 1.29 is 19.4 Å². The second kappa shape index (κ2) is 5.90. The number of carboxylic acid groups (broad SMARTS) is 1. The van der Waals surface area contributed by atoms with Crippen molar-refractivity contribution >= 4 is 17.6 Å². The monoisotopic (exact) mass is 291 g/mol. The van der Waals surface area contributed by atoms with Crippen molar-refractivity contribution in [3.8, 4) is 0 Å². The second-order valence-electron chi connectivity index (χ2n) is 4.67. The van der Waals surface area contributed by atoms with Gasteiger partial charge in [0, 0.05) is 23.9 Å². The molecule has 0 bridgehead atoms. The van der Waals surface area contributed by atoms with Crippen LogP contribution in [0.25, 0.3) is 5.65 Å². The number of carboxylic acids is 1. The normalized spacial score (nSPS) is 10.8. The van der Waals surface area contributed by atoms with E-state index < -0.39 is 11.9 Å². The minimum absolute atomic E-state index is 0.0286. The lowest BCUT2D eigenvalue weighted by molar-refractivity contribution is -0.136. The number of hydrogen-bond acceptors (Lipinski definition) is 5. The van der Waals surface area contributed by atoms with E-state index in [1.165, 1.54) is 0 Å². The van der Waals surface area contributed by atoms with E-state index in [1.807, 2.05) is 13.8 Å². The summed E-state index contributed by atoms with van der Waals surface area (Å²) < 4.78 is 6.47. The number of rotatable bonds is 5. The number of aryl methyl sites for hydroxylation is 2. The molecule has 0 unspecified atom stereocenters. The van der Waals surface area contributed by atoms with Crippen LogP contribution in [-0.2, 0) is 16.0 Å². The molecule has 1 N–H and O–H groups in total. The molecule has 0 spiro atoms. The van der Waals surface area contributed by atoms with Gasteiger partial charge in [-0.25, -0.2) is 14.3 Å². The van der Waals surface area contributed by atoms with Gasteiger partial charge < -0.3 is 9.84 Å². The van der Waals surface area contributed by atoms with Gasteiger partial charge in [-0.15, -0.1) is 0 Å². The number of ether oxygens (including phenoxy) is 1. The smallest absolute Gasteiger partial charge is 0.358 e. The van der Waals surface area contributed by atoms with Crippen molar-refractivity contribution in [1.29, 1.82) is 0 Å². The lowest BCUT2D eigenvalue weighted by atomic mass is 10.1. The van der Waals surface area contributed by atoms with Crippen LogP contribution in [0.3, 0.4) is 0 Å². The van der Waals surface area contributed by atoms with Crippen LogP contribution in [0.2, 0.25) is 0 Å². The Morgan fingerprint density at radius 3 is 2.71 bits per heavy atom. The van der Waals surface area contributed by atoms with Gasteiger partial charge in [0.25, 0.3) is 0 Å². The molecule has 0 fully saturated rings. The molecule has 0 aliphatic rings. The average molecular weight is 291 g/mol. The van der Waals surface area contributed by atoms with Crippen molar-refractivity contribution in [2.24, 2.45) is 0 Å². The van der Waals surface area contributed by atoms with Crippen molar-refractivity contribution in [3.05, 3.63) is 28.7 Å². The van der Waals surface area contributed by atoms with Gasteiger partial charge in [-0.1, -0.05) is 0 Å². The maximum Gasteiger partial charge on any atom is 0.358 e. The summed E-state index contributed by atoms with van der Waals surface area (Å²) in [6, 6.07) is 1.57. The Morgan fingerprint density at radius 1 is 1.38 bits per heavy atom. The van der Waals surface area contributed by atoms with Crippen molar-refractivity contribution in [1.82, 2.24) is 14.6 Å². The number of carbonyl (C=O) groups is 2. The third-order valence-electron chi connectivity index (χ3n) is 3.24. The third-order valence-corrected chi connectivity index (χ3v) is 3.24. The van der Waals surface area contributed by atoms with Gasteiger partial charge in [0.05, 0.1) is 6.61 Å². The first-order valence-corrected chi connectivity index (χ1v) is 6.68. The molecule has 21 heavy (non-hydrogen) atoms. The fourth-order valence-electron chi connectivity index (χ4n) is 2.23. The number of nitrogens with zero attached hydrogens (tertiary/aromatic N) is 3. The molecule has 2 aromatic rings. The number of fused-ring (bicyclic) bond motifs is 1. The zero-order valence-electron chi connectivity index (χ0n) is 12.2. The Labute approximate surface area is 121 Å². The van der Waals surface area contributed by atoms with E-state index >= 15 is 0 Å². The highest BCUT2D eigenvalue weighted by molar-refractivity contribution is 5.88. The summed E-state index contributed by atoms with van der Waals surface area (Å²) in [6.45, 7) is 5.66. The van der Waals surface area contributed by atoms with E-state index in [0.717, 1.165) is 17.0 Å². The van der Waals surface area contributed by atoms with E-state index in [4.69, 9.17) is 9.84 Å². The van der Waals surface area contributed by atoms with Crippen LogP contribution < -0.4 is 0 Å². The van der Waals surface area contributed by atoms with Crippen molar-refractivity contribution in [2.45, 2.75) is 33.6 Å². The number of aromatic nitrogens is 3. The van der Waals surface area contributed by atoms with Crippen LogP contribution in [0.4, 0.5) is 0 Å². The Kier molecular flexibility index (Phi) is 4.21. The van der Waals surface area contributed by atoms with Gasteiger partial charge in [-0.3, -0.25) is 4.79 Å². The number of aliphatic carboxylic acids is 1.